The van der Waals surface area contributed by atoms with Crippen LogP contribution in [0.3, 0.4) is 0 Å². The molecule has 1 aliphatic rings. The van der Waals surface area contributed by atoms with Gasteiger partial charge in [0.25, 0.3) is 0 Å². The first kappa shape index (κ1) is 12.0. The van der Waals surface area contributed by atoms with Crippen LogP contribution in [0.1, 0.15) is 30.1 Å². The van der Waals surface area contributed by atoms with E-state index in [-0.39, 0.29) is 0 Å². The van der Waals surface area contributed by atoms with Crippen LogP contribution < -0.4 is 5.32 Å². The number of nitrogens with zero attached hydrogens (tertiary/aromatic N) is 2. The van der Waals surface area contributed by atoms with Gasteiger partial charge < -0.3 is 9.88 Å². The average molecular weight is 264 g/mol. The number of hydrogen-bond donors (Lipinski definition) is 1. The number of nitrogens with one attached hydrogen (secondary N) is 1. The van der Waals surface area contributed by atoms with Gasteiger partial charge in [-0.1, -0.05) is 11.6 Å². The summed E-state index contributed by atoms with van der Waals surface area (Å²) in [5, 5.41) is 4.24. The van der Waals surface area contributed by atoms with Crippen LogP contribution in [0.5, 0.6) is 0 Å². The smallest absolute Gasteiger partial charge is 0.114 e. The molecule has 1 saturated heterocycles. The van der Waals surface area contributed by atoms with Crippen molar-refractivity contribution in [2.75, 3.05) is 13.1 Å². The molecule has 1 N–H and O–H groups in total. The molecule has 0 bridgehead atoms. The van der Waals surface area contributed by atoms with Gasteiger partial charge in [0.1, 0.15) is 5.82 Å². The highest BCUT2D eigenvalue weighted by Gasteiger charge is 2.21. The van der Waals surface area contributed by atoms with E-state index in [1.165, 1.54) is 18.7 Å². The van der Waals surface area contributed by atoms with Crippen LogP contribution in [0, 0.1) is 6.92 Å². The Kier molecular flexibility index (Phi) is 3.04. The lowest BCUT2D eigenvalue weighted by molar-refractivity contribution is 0.440. The molecule has 1 atom stereocenters. The molecule has 0 amide bonds. The summed E-state index contributed by atoms with van der Waals surface area (Å²) < 4.78 is 2.20. The molecule has 0 aliphatic carbocycles. The maximum absolute atomic E-state index is 6.14. The van der Waals surface area contributed by atoms with E-state index in [4.69, 9.17) is 16.6 Å². The first-order valence-corrected chi connectivity index (χ1v) is 6.88. The third kappa shape index (κ3) is 1.91. The summed E-state index contributed by atoms with van der Waals surface area (Å²) in [7, 11) is 2.09. The Morgan fingerprint density at radius 3 is 3.00 bits per heavy atom. The lowest BCUT2D eigenvalue weighted by atomic mass is 9.99. The summed E-state index contributed by atoms with van der Waals surface area (Å²) in [6, 6.07) is 4.00. The fraction of sp³-hybridized carbons (Fsp3) is 0.500. The van der Waals surface area contributed by atoms with Gasteiger partial charge in [0.2, 0.25) is 0 Å². The van der Waals surface area contributed by atoms with Crippen molar-refractivity contribution in [3.8, 4) is 0 Å². The standard InChI is InChI=1S/C14H18ClN3/c1-9-6-11(15)7-12-13(9)17-14(18(12)2)10-4-3-5-16-8-10/h6-7,10,16H,3-5,8H2,1-2H3. The van der Waals surface area contributed by atoms with Crippen LogP contribution in [0.2, 0.25) is 5.02 Å². The van der Waals surface area contributed by atoms with Crippen LogP contribution in [-0.4, -0.2) is 22.6 Å². The maximum atomic E-state index is 6.14. The number of aryl methyl sites for hydroxylation is 2. The molecule has 3 nitrogen and oxygen atoms in total. The Labute approximate surface area is 112 Å². The monoisotopic (exact) mass is 263 g/mol. The number of halogens is 1. The number of hydrogen-bond acceptors (Lipinski definition) is 2. The highest BCUT2D eigenvalue weighted by Crippen LogP contribution is 2.29. The van der Waals surface area contributed by atoms with Gasteiger partial charge in [-0.2, -0.15) is 0 Å². The van der Waals surface area contributed by atoms with Gasteiger partial charge in [-0.25, -0.2) is 4.98 Å². The number of imidazole rings is 1. The second-order valence-corrected chi connectivity index (χ2v) is 5.60. The fourth-order valence-corrected chi connectivity index (χ4v) is 3.14. The highest BCUT2D eigenvalue weighted by molar-refractivity contribution is 6.31. The molecule has 1 fully saturated rings. The lowest BCUT2D eigenvalue weighted by Crippen LogP contribution is -2.29. The third-order valence-electron chi connectivity index (χ3n) is 3.84. The maximum Gasteiger partial charge on any atom is 0.114 e. The Balaban J connectivity index is 2.13. The molecule has 1 aromatic carbocycles. The lowest BCUT2D eigenvalue weighted by Gasteiger charge is -2.22. The molecule has 0 spiro atoms. The van der Waals surface area contributed by atoms with Gasteiger partial charge in [0.15, 0.2) is 0 Å². The van der Waals surface area contributed by atoms with Crippen LogP contribution in [0.4, 0.5) is 0 Å². The predicted octanol–water partition coefficient (Wildman–Crippen LogP) is 3.00. The fourth-order valence-electron chi connectivity index (χ4n) is 2.87. The van der Waals surface area contributed by atoms with E-state index in [9.17, 15) is 0 Å². The summed E-state index contributed by atoms with van der Waals surface area (Å²) in [5.74, 6) is 1.71. The van der Waals surface area contributed by atoms with E-state index in [0.717, 1.165) is 34.7 Å². The number of fused-ring (bicyclic) bond motifs is 1. The van der Waals surface area contributed by atoms with Crippen molar-refractivity contribution in [1.82, 2.24) is 14.9 Å². The van der Waals surface area contributed by atoms with E-state index < -0.39 is 0 Å². The zero-order valence-electron chi connectivity index (χ0n) is 10.8. The van der Waals surface area contributed by atoms with Crippen LogP contribution in [0.15, 0.2) is 12.1 Å². The Morgan fingerprint density at radius 2 is 2.28 bits per heavy atom. The summed E-state index contributed by atoms with van der Waals surface area (Å²) in [4.78, 5) is 4.84. The first-order chi connectivity index (χ1) is 8.66. The van der Waals surface area contributed by atoms with E-state index >= 15 is 0 Å². The molecule has 0 saturated carbocycles. The minimum atomic E-state index is 0.523. The zero-order chi connectivity index (χ0) is 12.7. The van der Waals surface area contributed by atoms with Crippen molar-refractivity contribution in [3.05, 3.63) is 28.5 Å². The van der Waals surface area contributed by atoms with Crippen molar-refractivity contribution in [3.63, 3.8) is 0 Å². The first-order valence-electron chi connectivity index (χ1n) is 6.50. The predicted molar refractivity (Wildman–Crippen MR) is 75.3 cm³/mol. The van der Waals surface area contributed by atoms with Gasteiger partial charge in [-0.3, -0.25) is 0 Å². The zero-order valence-corrected chi connectivity index (χ0v) is 11.6. The van der Waals surface area contributed by atoms with Gasteiger partial charge in [0.05, 0.1) is 11.0 Å². The van der Waals surface area contributed by atoms with Crippen LogP contribution in [-0.2, 0) is 7.05 Å². The molecule has 96 valence electrons. The second-order valence-electron chi connectivity index (χ2n) is 5.16. The van der Waals surface area contributed by atoms with Crippen molar-refractivity contribution in [1.29, 1.82) is 0 Å². The minimum absolute atomic E-state index is 0.523. The molecule has 1 aliphatic heterocycles. The Hall–Kier alpha value is -1.06. The van der Waals surface area contributed by atoms with Crippen molar-refractivity contribution < 1.29 is 0 Å². The molecular weight excluding hydrogens is 246 g/mol. The molecule has 18 heavy (non-hydrogen) atoms. The second kappa shape index (κ2) is 4.56. The summed E-state index contributed by atoms with van der Waals surface area (Å²) in [5.41, 5.74) is 3.38. The van der Waals surface area contributed by atoms with E-state index in [0.29, 0.717) is 5.92 Å². The van der Waals surface area contributed by atoms with E-state index in [1.54, 1.807) is 0 Å². The summed E-state index contributed by atoms with van der Waals surface area (Å²) >= 11 is 6.14. The van der Waals surface area contributed by atoms with Crippen LogP contribution >= 0.6 is 11.6 Å². The summed E-state index contributed by atoms with van der Waals surface area (Å²) in [6.45, 7) is 4.24. The van der Waals surface area contributed by atoms with Crippen molar-refractivity contribution in [2.45, 2.75) is 25.7 Å². The van der Waals surface area contributed by atoms with Gasteiger partial charge >= 0.3 is 0 Å². The van der Waals surface area contributed by atoms with Gasteiger partial charge in [-0.15, -0.1) is 0 Å². The Bertz CT molecular complexity index is 582. The number of aromatic nitrogens is 2. The summed E-state index contributed by atoms with van der Waals surface area (Å²) in [6.07, 6.45) is 2.45. The van der Waals surface area contributed by atoms with Gasteiger partial charge in [0, 0.05) is 24.5 Å². The van der Waals surface area contributed by atoms with E-state index in [1.807, 2.05) is 12.1 Å². The number of benzene rings is 1. The Morgan fingerprint density at radius 1 is 1.44 bits per heavy atom. The highest BCUT2D eigenvalue weighted by atomic mass is 35.5. The number of piperidine rings is 1. The SMILES string of the molecule is Cc1cc(Cl)cc2c1nc(C1CCCNC1)n2C. The molecule has 1 unspecified atom stereocenters. The topological polar surface area (TPSA) is 29.9 Å². The molecule has 3 rings (SSSR count). The average Bonchev–Trinajstić information content (AvgIpc) is 2.69. The van der Waals surface area contributed by atoms with E-state index in [2.05, 4.69) is 23.9 Å². The van der Waals surface area contributed by atoms with Crippen molar-refractivity contribution in [2.24, 2.45) is 7.05 Å². The molecule has 0 radical (unpaired) electrons. The number of rotatable bonds is 1. The molecule has 1 aromatic heterocycles. The van der Waals surface area contributed by atoms with Crippen LogP contribution in [0.25, 0.3) is 11.0 Å². The normalized spacial score (nSPS) is 20.5. The molecule has 2 aromatic rings. The van der Waals surface area contributed by atoms with Gasteiger partial charge in [-0.05, 0) is 44.0 Å². The molecular formula is C14H18ClN3. The largest absolute Gasteiger partial charge is 0.331 e. The molecule has 4 heteroatoms. The molecule has 2 heterocycles. The van der Waals surface area contributed by atoms with Crippen molar-refractivity contribution >= 4 is 22.6 Å². The third-order valence-corrected chi connectivity index (χ3v) is 4.06. The quantitative estimate of drug-likeness (QED) is 0.857. The minimum Gasteiger partial charge on any atom is -0.331 e.